The fraction of sp³-hybridized carbons (Fsp3) is 0.261. The van der Waals surface area contributed by atoms with Crippen LogP contribution in [0, 0.1) is 0 Å². The summed E-state index contributed by atoms with van der Waals surface area (Å²) in [7, 11) is 0. The molecule has 1 aliphatic rings. The van der Waals surface area contributed by atoms with E-state index >= 15 is 0 Å². The van der Waals surface area contributed by atoms with Gasteiger partial charge in [0, 0.05) is 42.3 Å². The molecule has 0 spiro atoms. The molecular weight excluding hydrogens is 348 g/mol. The Kier molecular flexibility index (Phi) is 5.33. The molecular formula is C23H24N4O. The van der Waals surface area contributed by atoms with Crippen LogP contribution in [0.3, 0.4) is 0 Å². The Balaban J connectivity index is 1.49. The van der Waals surface area contributed by atoms with Gasteiger partial charge in [-0.25, -0.2) is 9.97 Å². The predicted octanol–water partition coefficient (Wildman–Crippen LogP) is 4.56. The van der Waals surface area contributed by atoms with Gasteiger partial charge >= 0.3 is 0 Å². The topological polar surface area (TPSA) is 58.1 Å². The average molecular weight is 372 g/mol. The molecule has 0 radical (unpaired) electrons. The smallest absolute Gasteiger partial charge is 0.255 e. The second-order valence-corrected chi connectivity index (χ2v) is 7.05. The van der Waals surface area contributed by atoms with E-state index in [2.05, 4.69) is 27.1 Å². The number of aryl methyl sites for hydroxylation is 1. The Morgan fingerprint density at radius 2 is 1.71 bits per heavy atom. The van der Waals surface area contributed by atoms with Crippen LogP contribution >= 0.6 is 0 Å². The summed E-state index contributed by atoms with van der Waals surface area (Å²) in [5.74, 6) is 0.659. The second-order valence-electron chi connectivity index (χ2n) is 7.05. The Morgan fingerprint density at radius 3 is 2.39 bits per heavy atom. The summed E-state index contributed by atoms with van der Waals surface area (Å²) in [5, 5.41) is 2.96. The van der Waals surface area contributed by atoms with E-state index in [1.807, 2.05) is 60.9 Å². The van der Waals surface area contributed by atoms with Gasteiger partial charge in [-0.3, -0.25) is 4.79 Å². The first kappa shape index (κ1) is 18.2. The van der Waals surface area contributed by atoms with Crippen LogP contribution in [0.2, 0.25) is 0 Å². The maximum atomic E-state index is 12.6. The number of rotatable bonds is 5. The molecule has 0 aliphatic carbocycles. The van der Waals surface area contributed by atoms with Crippen LogP contribution in [-0.2, 0) is 6.42 Å². The molecule has 0 atom stereocenters. The highest BCUT2D eigenvalue weighted by atomic mass is 16.1. The lowest BCUT2D eigenvalue weighted by atomic mass is 10.1. The van der Waals surface area contributed by atoms with Gasteiger partial charge in [0.1, 0.15) is 0 Å². The highest BCUT2D eigenvalue weighted by molar-refractivity contribution is 6.04. The number of amides is 1. The SMILES string of the molecule is CCc1ccc(NC(=O)c2cccc(-c3cnc(N4CCCC4)nc3)c2)cc1. The fourth-order valence-electron chi connectivity index (χ4n) is 3.42. The van der Waals surface area contributed by atoms with Gasteiger partial charge in [0.25, 0.3) is 5.91 Å². The Hall–Kier alpha value is -3.21. The second kappa shape index (κ2) is 8.21. The minimum Gasteiger partial charge on any atom is -0.341 e. The molecule has 4 rings (SSSR count). The van der Waals surface area contributed by atoms with Crippen LogP contribution in [-0.4, -0.2) is 29.0 Å². The van der Waals surface area contributed by atoms with E-state index in [4.69, 9.17) is 0 Å². The van der Waals surface area contributed by atoms with Crippen molar-refractivity contribution in [1.82, 2.24) is 9.97 Å². The van der Waals surface area contributed by atoms with Crippen LogP contribution in [0.5, 0.6) is 0 Å². The number of carbonyl (C=O) groups excluding carboxylic acids is 1. The van der Waals surface area contributed by atoms with Gasteiger partial charge in [0.15, 0.2) is 0 Å². The van der Waals surface area contributed by atoms with Crippen LogP contribution in [0.25, 0.3) is 11.1 Å². The van der Waals surface area contributed by atoms with E-state index in [0.29, 0.717) is 5.56 Å². The molecule has 1 N–H and O–H groups in total. The zero-order valence-corrected chi connectivity index (χ0v) is 16.1. The number of aromatic nitrogens is 2. The highest BCUT2D eigenvalue weighted by Gasteiger charge is 2.15. The summed E-state index contributed by atoms with van der Waals surface area (Å²) < 4.78 is 0. The van der Waals surface area contributed by atoms with E-state index in [0.717, 1.165) is 42.3 Å². The lowest BCUT2D eigenvalue weighted by Crippen LogP contribution is -2.20. The molecule has 1 aliphatic heterocycles. The van der Waals surface area contributed by atoms with E-state index in [1.165, 1.54) is 18.4 Å². The molecule has 1 aromatic heterocycles. The molecule has 2 heterocycles. The predicted molar refractivity (Wildman–Crippen MR) is 113 cm³/mol. The summed E-state index contributed by atoms with van der Waals surface area (Å²) in [4.78, 5) is 23.9. The summed E-state index contributed by atoms with van der Waals surface area (Å²) in [6.07, 6.45) is 7.05. The molecule has 28 heavy (non-hydrogen) atoms. The van der Waals surface area contributed by atoms with Gasteiger partial charge in [-0.05, 0) is 54.7 Å². The van der Waals surface area contributed by atoms with E-state index in [9.17, 15) is 4.79 Å². The molecule has 0 saturated carbocycles. The number of nitrogens with zero attached hydrogens (tertiary/aromatic N) is 3. The Morgan fingerprint density at radius 1 is 1.00 bits per heavy atom. The van der Waals surface area contributed by atoms with Gasteiger partial charge in [0.05, 0.1) is 0 Å². The van der Waals surface area contributed by atoms with E-state index < -0.39 is 0 Å². The molecule has 0 bridgehead atoms. The summed E-state index contributed by atoms with van der Waals surface area (Å²) in [6.45, 7) is 4.16. The third-order valence-corrected chi connectivity index (χ3v) is 5.11. The standard InChI is InChI=1S/C23H24N4O/c1-2-17-8-10-21(11-9-17)26-22(28)19-7-5-6-18(14-19)20-15-24-23(25-16-20)27-12-3-4-13-27/h5-11,14-16H,2-4,12-13H2,1H3,(H,26,28). The van der Waals surface area contributed by atoms with Crippen molar-refractivity contribution in [2.75, 3.05) is 23.3 Å². The summed E-state index contributed by atoms with van der Waals surface area (Å²) in [6, 6.07) is 15.5. The van der Waals surface area contributed by atoms with Crippen LogP contribution < -0.4 is 10.2 Å². The first-order valence-electron chi connectivity index (χ1n) is 9.80. The van der Waals surface area contributed by atoms with E-state index in [1.54, 1.807) is 0 Å². The number of hydrogen-bond donors (Lipinski definition) is 1. The van der Waals surface area contributed by atoms with Crippen molar-refractivity contribution in [3.63, 3.8) is 0 Å². The minimum atomic E-state index is -0.124. The van der Waals surface area contributed by atoms with Crippen molar-refractivity contribution >= 4 is 17.5 Å². The number of carbonyl (C=O) groups is 1. The minimum absolute atomic E-state index is 0.124. The van der Waals surface area contributed by atoms with Crippen LogP contribution in [0.1, 0.15) is 35.7 Å². The molecule has 2 aromatic carbocycles. The van der Waals surface area contributed by atoms with Crippen LogP contribution in [0.15, 0.2) is 60.9 Å². The zero-order valence-electron chi connectivity index (χ0n) is 16.1. The lowest BCUT2D eigenvalue weighted by molar-refractivity contribution is 0.102. The van der Waals surface area contributed by atoms with Crippen molar-refractivity contribution < 1.29 is 4.79 Å². The van der Waals surface area contributed by atoms with Crippen molar-refractivity contribution in [2.45, 2.75) is 26.2 Å². The van der Waals surface area contributed by atoms with Gasteiger partial charge in [-0.1, -0.05) is 31.2 Å². The first-order valence-corrected chi connectivity index (χ1v) is 9.80. The number of nitrogens with one attached hydrogen (secondary N) is 1. The molecule has 5 nitrogen and oxygen atoms in total. The largest absolute Gasteiger partial charge is 0.341 e. The molecule has 1 fully saturated rings. The maximum absolute atomic E-state index is 12.6. The average Bonchev–Trinajstić information content (AvgIpc) is 3.29. The maximum Gasteiger partial charge on any atom is 0.255 e. The molecule has 1 amide bonds. The van der Waals surface area contributed by atoms with Gasteiger partial charge in [-0.15, -0.1) is 0 Å². The van der Waals surface area contributed by atoms with Gasteiger partial charge in [0.2, 0.25) is 5.95 Å². The van der Waals surface area contributed by atoms with Crippen LogP contribution in [0.4, 0.5) is 11.6 Å². The Bertz CT molecular complexity index is 945. The number of benzene rings is 2. The van der Waals surface area contributed by atoms with Crippen molar-refractivity contribution in [2.24, 2.45) is 0 Å². The third-order valence-electron chi connectivity index (χ3n) is 5.11. The normalized spacial score (nSPS) is 13.5. The summed E-state index contributed by atoms with van der Waals surface area (Å²) in [5.41, 5.74) is 4.50. The summed E-state index contributed by atoms with van der Waals surface area (Å²) >= 11 is 0. The fourth-order valence-corrected chi connectivity index (χ4v) is 3.42. The monoisotopic (exact) mass is 372 g/mol. The van der Waals surface area contributed by atoms with Gasteiger partial charge < -0.3 is 10.2 Å². The lowest BCUT2D eigenvalue weighted by Gasteiger charge is -2.14. The van der Waals surface area contributed by atoms with Gasteiger partial charge in [-0.2, -0.15) is 0 Å². The zero-order chi connectivity index (χ0) is 19.3. The molecule has 5 heteroatoms. The number of hydrogen-bond acceptors (Lipinski definition) is 4. The number of anilines is 2. The highest BCUT2D eigenvalue weighted by Crippen LogP contribution is 2.22. The first-order chi connectivity index (χ1) is 13.7. The van der Waals surface area contributed by atoms with E-state index in [-0.39, 0.29) is 5.91 Å². The molecule has 1 saturated heterocycles. The molecule has 0 unspecified atom stereocenters. The molecule has 3 aromatic rings. The van der Waals surface area contributed by atoms with Crippen molar-refractivity contribution in [3.05, 3.63) is 72.1 Å². The quantitative estimate of drug-likeness (QED) is 0.713. The van der Waals surface area contributed by atoms with Crippen molar-refractivity contribution in [1.29, 1.82) is 0 Å². The van der Waals surface area contributed by atoms with Crippen molar-refractivity contribution in [3.8, 4) is 11.1 Å². The third kappa shape index (κ3) is 4.03. The Labute approximate surface area is 165 Å². The molecule has 142 valence electrons.